The number of carbonyl (C=O) groups is 3. The van der Waals surface area contributed by atoms with E-state index in [9.17, 15) is 19.6 Å². The van der Waals surface area contributed by atoms with Crippen molar-refractivity contribution in [3.63, 3.8) is 0 Å². The van der Waals surface area contributed by atoms with E-state index < -0.39 is 23.8 Å². The second-order valence-electron chi connectivity index (χ2n) is 7.33. The molecule has 0 aliphatic carbocycles. The van der Waals surface area contributed by atoms with E-state index in [1.807, 2.05) is 0 Å². The van der Waals surface area contributed by atoms with E-state index in [0.717, 1.165) is 19.1 Å². The highest BCUT2D eigenvalue weighted by molar-refractivity contribution is 9.10. The van der Waals surface area contributed by atoms with Crippen molar-refractivity contribution in [2.75, 3.05) is 33.3 Å². The Morgan fingerprint density at radius 2 is 1.58 bits per heavy atom. The molecule has 0 bridgehead atoms. The van der Waals surface area contributed by atoms with Gasteiger partial charge in [0.05, 0.1) is 67.3 Å². The number of esters is 3. The summed E-state index contributed by atoms with van der Waals surface area (Å²) in [5, 5.41) is 10.2. The summed E-state index contributed by atoms with van der Waals surface area (Å²) in [4.78, 5) is 40.2. The number of benzene rings is 2. The molecule has 0 radical (unpaired) electrons. The van der Waals surface area contributed by atoms with Crippen LogP contribution in [-0.4, -0.2) is 46.3 Å². The smallest absolute Gasteiger partial charge is 0.355 e. The van der Waals surface area contributed by atoms with Crippen LogP contribution in [0, 0.1) is 11.3 Å². The zero-order valence-electron chi connectivity index (χ0n) is 19.8. The van der Waals surface area contributed by atoms with Crippen molar-refractivity contribution in [1.82, 2.24) is 0 Å². The number of rotatable bonds is 6. The third-order valence-electron chi connectivity index (χ3n) is 5.53. The van der Waals surface area contributed by atoms with Gasteiger partial charge in [-0.15, -0.1) is 0 Å². The summed E-state index contributed by atoms with van der Waals surface area (Å²) >= 11 is 3.32. The Morgan fingerprint density at radius 3 is 2.11 bits per heavy atom. The average molecular weight is 556 g/mol. The molecule has 0 fully saturated rings. The molecule has 0 saturated carbocycles. The predicted molar refractivity (Wildman–Crippen MR) is 132 cm³/mol. The van der Waals surface area contributed by atoms with Crippen LogP contribution < -0.4 is 15.4 Å². The van der Waals surface area contributed by atoms with Gasteiger partial charge in [0, 0.05) is 6.07 Å². The van der Waals surface area contributed by atoms with Crippen molar-refractivity contribution in [3.05, 3.63) is 80.7 Å². The number of allylic oxidation sites excluding steroid dienone is 1. The van der Waals surface area contributed by atoms with E-state index in [2.05, 4.69) is 22.0 Å². The Labute approximate surface area is 215 Å². The van der Waals surface area contributed by atoms with Crippen LogP contribution in [0.25, 0.3) is 0 Å². The topological polar surface area (TPSA) is 141 Å². The fraction of sp³-hybridized carbons (Fsp3) is 0.200. The maximum atomic E-state index is 13.2. The second kappa shape index (κ2) is 11.0. The van der Waals surface area contributed by atoms with Crippen LogP contribution in [0.2, 0.25) is 0 Å². The SMILES string of the molecule is COC(=O)C1=C(C(=O)OC)N(c2cc(OC)c(Br)cc2C(=O)OC)C(N)=C(C#N)C1c1ccccc1. The van der Waals surface area contributed by atoms with Crippen LogP contribution in [0.15, 0.2) is 69.6 Å². The zero-order chi connectivity index (χ0) is 26.6. The molecule has 1 unspecified atom stereocenters. The minimum absolute atomic E-state index is 0.0143. The normalized spacial score (nSPS) is 15.2. The summed E-state index contributed by atoms with van der Waals surface area (Å²) in [7, 11) is 4.86. The Balaban J connectivity index is 2.52. The Morgan fingerprint density at radius 1 is 0.972 bits per heavy atom. The molecule has 10 nitrogen and oxygen atoms in total. The molecule has 1 atom stereocenters. The van der Waals surface area contributed by atoms with Crippen LogP contribution >= 0.6 is 15.9 Å². The van der Waals surface area contributed by atoms with Gasteiger partial charge in [-0.2, -0.15) is 5.26 Å². The van der Waals surface area contributed by atoms with Gasteiger partial charge in [0.1, 0.15) is 17.3 Å². The molecule has 0 amide bonds. The second-order valence-corrected chi connectivity index (χ2v) is 8.19. The highest BCUT2D eigenvalue weighted by Gasteiger charge is 2.44. The van der Waals surface area contributed by atoms with Crippen LogP contribution in [0.5, 0.6) is 5.75 Å². The average Bonchev–Trinajstić information content (AvgIpc) is 2.91. The first-order chi connectivity index (χ1) is 17.2. The van der Waals surface area contributed by atoms with E-state index in [1.165, 1.54) is 26.4 Å². The standard InChI is InChI=1S/C25H22BrN3O7/c1-33-18-11-17(14(10-16(18)26)23(30)34-2)29-21(25(32)36-4)20(24(31)35-3)19(15(12-27)22(29)28)13-8-6-5-7-9-13/h5-11,19H,28H2,1-4H3. The minimum Gasteiger partial charge on any atom is -0.495 e. The number of nitrogens with two attached hydrogens (primary N) is 1. The molecular formula is C25H22BrN3O7. The summed E-state index contributed by atoms with van der Waals surface area (Å²) in [5.74, 6) is -3.58. The molecule has 2 aromatic rings. The number of anilines is 1. The molecular weight excluding hydrogens is 534 g/mol. The summed E-state index contributed by atoms with van der Waals surface area (Å²) in [6.07, 6.45) is 0. The van der Waals surface area contributed by atoms with Crippen LogP contribution in [0.4, 0.5) is 5.69 Å². The fourth-order valence-corrected chi connectivity index (χ4v) is 4.43. The highest BCUT2D eigenvalue weighted by Crippen LogP contribution is 2.45. The van der Waals surface area contributed by atoms with Gasteiger partial charge in [-0.1, -0.05) is 30.3 Å². The summed E-state index contributed by atoms with van der Waals surface area (Å²) in [5.41, 5.74) is 6.43. The number of ether oxygens (including phenoxy) is 4. The summed E-state index contributed by atoms with van der Waals surface area (Å²) in [6.45, 7) is 0. The molecule has 1 heterocycles. The van der Waals surface area contributed by atoms with E-state index in [0.29, 0.717) is 10.0 Å². The first-order valence-electron chi connectivity index (χ1n) is 10.4. The third-order valence-corrected chi connectivity index (χ3v) is 6.15. The van der Waals surface area contributed by atoms with Crippen LogP contribution in [0.3, 0.4) is 0 Å². The fourth-order valence-electron chi connectivity index (χ4n) is 3.92. The molecule has 0 aromatic heterocycles. The first kappa shape index (κ1) is 26.3. The molecule has 11 heteroatoms. The molecule has 1 aliphatic rings. The number of hydrogen-bond acceptors (Lipinski definition) is 10. The van der Waals surface area contributed by atoms with Crippen molar-refractivity contribution in [2.24, 2.45) is 5.73 Å². The van der Waals surface area contributed by atoms with E-state index in [-0.39, 0.29) is 39.7 Å². The molecule has 36 heavy (non-hydrogen) atoms. The number of hydrogen-bond donors (Lipinski definition) is 1. The first-order valence-corrected chi connectivity index (χ1v) is 11.2. The molecule has 1 aliphatic heterocycles. The molecule has 0 saturated heterocycles. The molecule has 2 aromatic carbocycles. The number of nitrogens with zero attached hydrogens (tertiary/aromatic N) is 2. The predicted octanol–water partition coefficient (Wildman–Crippen LogP) is 3.14. The Hall–Kier alpha value is -4.30. The maximum absolute atomic E-state index is 13.2. The van der Waals surface area contributed by atoms with Crippen LogP contribution in [0.1, 0.15) is 21.8 Å². The number of halogens is 1. The van der Waals surface area contributed by atoms with Gasteiger partial charge in [0.15, 0.2) is 0 Å². The van der Waals surface area contributed by atoms with E-state index >= 15 is 0 Å². The number of methoxy groups -OCH3 is 4. The summed E-state index contributed by atoms with van der Waals surface area (Å²) < 4.78 is 20.7. The lowest BCUT2D eigenvalue weighted by Crippen LogP contribution is -2.41. The lowest BCUT2D eigenvalue weighted by molar-refractivity contribution is -0.139. The van der Waals surface area contributed by atoms with Crippen molar-refractivity contribution < 1.29 is 33.3 Å². The summed E-state index contributed by atoms with van der Waals surface area (Å²) in [6, 6.07) is 13.4. The zero-order valence-corrected chi connectivity index (χ0v) is 21.4. The largest absolute Gasteiger partial charge is 0.495 e. The molecule has 0 spiro atoms. The van der Waals surface area contributed by atoms with Gasteiger partial charge >= 0.3 is 17.9 Å². The monoisotopic (exact) mass is 555 g/mol. The minimum atomic E-state index is -1.05. The van der Waals surface area contributed by atoms with Crippen molar-refractivity contribution >= 4 is 39.5 Å². The van der Waals surface area contributed by atoms with Gasteiger partial charge in [-0.25, -0.2) is 14.4 Å². The Bertz CT molecular complexity index is 1330. The van der Waals surface area contributed by atoms with E-state index in [4.69, 9.17) is 24.7 Å². The molecule has 3 rings (SSSR count). The van der Waals surface area contributed by atoms with Crippen molar-refractivity contribution in [2.45, 2.75) is 5.92 Å². The van der Waals surface area contributed by atoms with Gasteiger partial charge in [-0.3, -0.25) is 4.90 Å². The van der Waals surface area contributed by atoms with Crippen molar-refractivity contribution in [1.29, 1.82) is 5.26 Å². The third kappa shape index (κ3) is 4.50. The molecule has 2 N–H and O–H groups in total. The van der Waals surface area contributed by atoms with Gasteiger partial charge < -0.3 is 24.7 Å². The van der Waals surface area contributed by atoms with Crippen LogP contribution in [-0.2, 0) is 23.8 Å². The van der Waals surface area contributed by atoms with Gasteiger partial charge in [0.25, 0.3) is 0 Å². The number of nitriles is 1. The lowest BCUT2D eigenvalue weighted by atomic mass is 9.80. The van der Waals surface area contributed by atoms with Gasteiger partial charge in [0.2, 0.25) is 0 Å². The van der Waals surface area contributed by atoms with Gasteiger partial charge in [-0.05, 0) is 27.6 Å². The highest BCUT2D eigenvalue weighted by atomic mass is 79.9. The maximum Gasteiger partial charge on any atom is 0.355 e. The van der Waals surface area contributed by atoms with Crippen molar-refractivity contribution in [3.8, 4) is 11.8 Å². The van der Waals surface area contributed by atoms with E-state index in [1.54, 1.807) is 30.3 Å². The number of carbonyl (C=O) groups excluding carboxylic acids is 3. The molecule has 186 valence electrons. The Kier molecular flexibility index (Phi) is 8.01. The lowest BCUT2D eigenvalue weighted by Gasteiger charge is -2.36. The quantitative estimate of drug-likeness (QED) is 0.417.